The lowest BCUT2D eigenvalue weighted by atomic mass is 10.0. The van der Waals surface area contributed by atoms with Gasteiger partial charge in [0.25, 0.3) is 0 Å². The van der Waals surface area contributed by atoms with Crippen LogP contribution in [0.4, 0.5) is 4.79 Å². The molecule has 0 aliphatic heterocycles. The molecule has 0 bridgehead atoms. The summed E-state index contributed by atoms with van der Waals surface area (Å²) in [6.07, 6.45) is -5.62. The van der Waals surface area contributed by atoms with E-state index in [2.05, 4.69) is 31.9 Å². The molecule has 28 heteroatoms. The van der Waals surface area contributed by atoms with Gasteiger partial charge in [-0.05, 0) is 67.0 Å². The van der Waals surface area contributed by atoms with Crippen molar-refractivity contribution in [2.24, 2.45) is 0 Å². The van der Waals surface area contributed by atoms with Gasteiger partial charge in [0, 0.05) is 44.2 Å². The molecule has 0 heterocycles. The van der Waals surface area contributed by atoms with Crippen LogP contribution < -0.4 is 31.9 Å². The highest BCUT2D eigenvalue weighted by Gasteiger charge is 2.33. The number of halogens is 3. The van der Waals surface area contributed by atoms with E-state index in [1.54, 1.807) is 185 Å². The minimum atomic E-state index is -1.94. The highest BCUT2D eigenvalue weighted by Crippen LogP contribution is 2.26. The van der Waals surface area contributed by atoms with Crippen molar-refractivity contribution in [2.45, 2.75) is 170 Å². The normalized spacial score (nSPS) is 12.9. The molecule has 0 fully saturated rings. The van der Waals surface area contributed by atoms with Crippen molar-refractivity contribution in [1.29, 1.82) is 0 Å². The van der Waals surface area contributed by atoms with Crippen molar-refractivity contribution >= 4 is 100 Å². The first-order valence-corrected chi connectivity index (χ1v) is 35.1. The van der Waals surface area contributed by atoms with E-state index >= 15 is 0 Å². The fourth-order valence-corrected chi connectivity index (χ4v) is 10.3. The first-order valence-electron chi connectivity index (χ1n) is 34.0. The van der Waals surface area contributed by atoms with Crippen molar-refractivity contribution in [1.82, 2.24) is 31.9 Å². The third-order valence-electron chi connectivity index (χ3n) is 15.1. The summed E-state index contributed by atoms with van der Waals surface area (Å²) in [5.41, 5.74) is 3.10. The predicted octanol–water partition coefficient (Wildman–Crippen LogP) is 9.53. The SMILES string of the molecule is CC(C)(C)OC(=O)N[C@H](CC(=O)N[C@@H](CCC(=O)OCc1ccccc1)CC(=O)N[C@@H](COCc1ccccc1)CC(=O)N[C@H](CC(=O)N[C@@H](CCC(=O)OCc1ccccc1)CC(=O)N[C@@H](COCc1ccccc1)CC(=O)OCC(Cl)(Cl)Cl)C(=O)OCc1ccccc1)C(=O)OCc1ccccc1. The van der Waals surface area contributed by atoms with Gasteiger partial charge in [-0.15, -0.1) is 0 Å². The second-order valence-corrected chi connectivity index (χ2v) is 28.0. The van der Waals surface area contributed by atoms with Gasteiger partial charge in [-0.2, -0.15) is 0 Å². The molecule has 25 nitrogen and oxygen atoms in total. The molecule has 6 aromatic carbocycles. The Morgan fingerprint density at radius 1 is 0.333 bits per heavy atom. The van der Waals surface area contributed by atoms with Gasteiger partial charge in [0.2, 0.25) is 33.3 Å². The number of benzene rings is 6. The smallest absolute Gasteiger partial charge is 0.408 e. The van der Waals surface area contributed by atoms with E-state index in [9.17, 15) is 52.7 Å². The molecular formula is C77H89Cl3N6O19. The summed E-state index contributed by atoms with van der Waals surface area (Å²) in [6.45, 7) is 3.16. The molecule has 6 atom stereocenters. The van der Waals surface area contributed by atoms with Crippen molar-refractivity contribution in [2.75, 3.05) is 19.8 Å². The zero-order valence-electron chi connectivity index (χ0n) is 58.6. The van der Waals surface area contributed by atoms with Crippen molar-refractivity contribution < 1.29 is 90.6 Å². The number of amides is 6. The number of carbonyl (C=O) groups excluding carboxylic acids is 11. The topological polar surface area (TPSA) is 334 Å². The summed E-state index contributed by atoms with van der Waals surface area (Å²) in [7, 11) is 0. The lowest BCUT2D eigenvalue weighted by molar-refractivity contribution is -0.150. The van der Waals surface area contributed by atoms with E-state index in [0.717, 1.165) is 11.1 Å². The average molecular weight is 1510 g/mol. The first-order chi connectivity index (χ1) is 50.3. The second-order valence-electron chi connectivity index (χ2n) is 25.4. The van der Waals surface area contributed by atoms with E-state index in [4.69, 9.17) is 72.7 Å². The van der Waals surface area contributed by atoms with Crippen molar-refractivity contribution in [3.05, 3.63) is 215 Å². The fraction of sp³-hybridized carbons (Fsp3) is 0.390. The predicted molar refractivity (Wildman–Crippen MR) is 387 cm³/mol. The van der Waals surface area contributed by atoms with Crippen LogP contribution in [0.3, 0.4) is 0 Å². The summed E-state index contributed by atoms with van der Waals surface area (Å²) in [6, 6.07) is 45.0. The number of alkyl carbamates (subject to hydrolysis) is 1. The third kappa shape index (κ3) is 36.9. The number of hydrogen-bond acceptors (Lipinski definition) is 19. The molecule has 6 aromatic rings. The molecule has 0 aliphatic rings. The molecule has 0 saturated heterocycles. The van der Waals surface area contributed by atoms with Gasteiger partial charge in [0.05, 0.1) is 57.8 Å². The monoisotopic (exact) mass is 1510 g/mol. The molecule has 0 spiro atoms. The maximum absolute atomic E-state index is 14.5. The summed E-state index contributed by atoms with van der Waals surface area (Å²) < 4.78 is 42.8. The summed E-state index contributed by atoms with van der Waals surface area (Å²) in [5.74, 6) is -8.36. The molecule has 0 saturated carbocycles. The molecular weight excluding hydrogens is 1420 g/mol. The van der Waals surface area contributed by atoms with Gasteiger partial charge in [0.15, 0.2) is 0 Å². The van der Waals surface area contributed by atoms with Crippen LogP contribution in [0.15, 0.2) is 182 Å². The second kappa shape index (κ2) is 45.3. The molecule has 6 N–H and O–H groups in total. The number of rotatable bonds is 43. The van der Waals surface area contributed by atoms with Gasteiger partial charge in [-0.25, -0.2) is 14.4 Å². The van der Waals surface area contributed by atoms with E-state index in [-0.39, 0.29) is 78.5 Å². The number of ether oxygens (including phenoxy) is 8. The van der Waals surface area contributed by atoms with Crippen LogP contribution in [0, 0.1) is 0 Å². The summed E-state index contributed by atoms with van der Waals surface area (Å²) >= 11 is 17.5. The molecule has 6 rings (SSSR count). The third-order valence-corrected chi connectivity index (χ3v) is 15.5. The van der Waals surface area contributed by atoms with Crippen molar-refractivity contribution in [3.8, 4) is 0 Å². The Kier molecular flexibility index (Phi) is 36.3. The Bertz CT molecular complexity index is 3710. The van der Waals surface area contributed by atoms with Crippen molar-refractivity contribution in [3.63, 3.8) is 0 Å². The minimum absolute atomic E-state index is 0.0108. The first kappa shape index (κ1) is 84.0. The Balaban J connectivity index is 1.22. The quantitative estimate of drug-likeness (QED) is 0.0118. The highest BCUT2D eigenvalue weighted by atomic mass is 35.6. The van der Waals surface area contributed by atoms with Crippen LogP contribution in [0.1, 0.15) is 118 Å². The van der Waals surface area contributed by atoms with Gasteiger partial charge >= 0.3 is 35.9 Å². The maximum Gasteiger partial charge on any atom is 0.408 e. The molecule has 562 valence electrons. The standard InChI is InChI=1S/C77H89Cl3N6O19/c1-76(2,3)105-75(97)86-64(74(96)103-49-58-32-20-9-21-33-58)43-69(91)82-59(34-36-70(92)100-46-55-26-14-6-15-27-55)38-65(87)83-61(50-98-44-53-22-10-4-11-23-53)40-67(89)85-63(73(95)102-48-57-30-18-8-19-31-57)42-68(90)81-60(35-37-71(93)101-47-56-28-16-7-17-29-56)39-66(88)84-62(41-72(94)104-52-77(78,79)80)51-99-45-54-24-12-5-13-25-54/h4-33,59-64H,34-52H2,1-3H3,(H,81,90)(H,82,91)(H,83,87)(H,84,88)(H,85,89)(H,86,97)/t59-,60-,61+,62+,63+,64+/m0/s1. The van der Waals surface area contributed by atoms with E-state index in [1.165, 1.54) is 0 Å². The Hall–Kier alpha value is -9.92. The van der Waals surface area contributed by atoms with Gasteiger partial charge in [0.1, 0.15) is 50.7 Å². The molecule has 0 unspecified atom stereocenters. The van der Waals surface area contributed by atoms with Gasteiger partial charge < -0.3 is 69.8 Å². The molecule has 0 radical (unpaired) electrons. The molecule has 0 aromatic heterocycles. The lowest BCUT2D eigenvalue weighted by Gasteiger charge is -2.25. The molecule has 6 amide bonds. The number of nitrogens with one attached hydrogen (secondary N) is 6. The van der Waals surface area contributed by atoms with Gasteiger partial charge in [-0.1, -0.05) is 217 Å². The maximum atomic E-state index is 14.5. The van der Waals surface area contributed by atoms with Gasteiger partial charge in [-0.3, -0.25) is 38.4 Å². The zero-order chi connectivity index (χ0) is 75.8. The number of alkyl halides is 3. The number of hydrogen-bond donors (Lipinski definition) is 6. The summed E-state index contributed by atoms with van der Waals surface area (Å²) in [4.78, 5) is 152. The van der Waals surface area contributed by atoms with Crippen LogP contribution in [0.25, 0.3) is 0 Å². The largest absolute Gasteiger partial charge is 0.461 e. The van der Waals surface area contributed by atoms with Crippen LogP contribution in [-0.4, -0.2) is 131 Å². The number of esters is 5. The van der Waals surface area contributed by atoms with Crippen LogP contribution in [0.2, 0.25) is 0 Å². The van der Waals surface area contributed by atoms with E-state index < -0.39 is 156 Å². The Morgan fingerprint density at radius 3 is 0.981 bits per heavy atom. The number of carbonyl (C=O) groups is 11. The Morgan fingerprint density at radius 2 is 0.629 bits per heavy atom. The lowest BCUT2D eigenvalue weighted by Crippen LogP contribution is -2.50. The van der Waals surface area contributed by atoms with Crippen LogP contribution >= 0.6 is 34.8 Å². The van der Waals surface area contributed by atoms with E-state index in [0.29, 0.717) is 22.3 Å². The molecule has 105 heavy (non-hydrogen) atoms. The molecule has 0 aliphatic carbocycles. The minimum Gasteiger partial charge on any atom is -0.461 e. The Labute approximate surface area is 625 Å². The van der Waals surface area contributed by atoms with E-state index in [1.807, 2.05) is 18.2 Å². The van der Waals surface area contributed by atoms with Crippen LogP contribution in [-0.2, 0) is 125 Å². The van der Waals surface area contributed by atoms with Crippen LogP contribution in [0.5, 0.6) is 0 Å². The summed E-state index contributed by atoms with van der Waals surface area (Å²) in [5, 5.41) is 16.0. The highest BCUT2D eigenvalue weighted by molar-refractivity contribution is 6.67. The average Bonchev–Trinajstić information content (AvgIpc) is 0.889. The fourth-order valence-electron chi connectivity index (χ4n) is 10.1. The zero-order valence-corrected chi connectivity index (χ0v) is 60.9.